The molecule has 200 valence electrons. The van der Waals surface area contributed by atoms with E-state index in [0.717, 1.165) is 18.4 Å². The van der Waals surface area contributed by atoms with Crippen molar-refractivity contribution in [1.29, 1.82) is 0 Å². The number of carboxylic acids is 1. The van der Waals surface area contributed by atoms with Gasteiger partial charge in [-0.25, -0.2) is 0 Å². The topological polar surface area (TPSA) is 150 Å². The fourth-order valence-corrected chi connectivity index (χ4v) is 5.15. The molecular weight excluding hydrogens is 492 g/mol. The molecule has 0 bridgehead atoms. The highest BCUT2D eigenvalue weighted by molar-refractivity contribution is 5.99. The molecule has 3 amide bonds. The predicted molar refractivity (Wildman–Crippen MR) is 136 cm³/mol. The van der Waals surface area contributed by atoms with Gasteiger partial charge >= 0.3 is 5.97 Å². The minimum absolute atomic E-state index is 0.143. The Morgan fingerprint density at radius 3 is 2.34 bits per heavy atom. The number of carbonyl (C=O) groups is 4. The van der Waals surface area contributed by atoms with Crippen LogP contribution in [0.5, 0.6) is 0 Å². The molecule has 0 radical (unpaired) electrons. The number of hydrogen-bond acceptors (Lipinski definition) is 6. The molecular formula is C27H30N4O7. The number of aryl methyl sites for hydroxylation is 1. The maximum absolute atomic E-state index is 13.7. The normalized spacial score (nSPS) is 18.3. The van der Waals surface area contributed by atoms with Gasteiger partial charge in [0.15, 0.2) is 6.17 Å². The fourth-order valence-electron chi connectivity index (χ4n) is 5.15. The first-order chi connectivity index (χ1) is 18.2. The average molecular weight is 523 g/mol. The number of nitro benzene ring substituents is 1. The smallest absolute Gasteiger partial charge is 0.305 e. The Balaban J connectivity index is 1.65. The zero-order valence-corrected chi connectivity index (χ0v) is 21.0. The predicted octanol–water partition coefficient (Wildman–Crippen LogP) is 3.04. The summed E-state index contributed by atoms with van der Waals surface area (Å²) in [5, 5.41) is 23.4. The van der Waals surface area contributed by atoms with Crippen LogP contribution in [0.3, 0.4) is 0 Å². The summed E-state index contributed by atoms with van der Waals surface area (Å²) in [6, 6.07) is 11.1. The highest BCUT2D eigenvalue weighted by Crippen LogP contribution is 2.30. The number of aliphatic carboxylic acids is 1. The maximum Gasteiger partial charge on any atom is 0.305 e. The Kier molecular flexibility index (Phi) is 8.04. The first kappa shape index (κ1) is 26.8. The van der Waals surface area contributed by atoms with Crippen molar-refractivity contribution in [2.45, 2.75) is 51.2 Å². The van der Waals surface area contributed by atoms with Gasteiger partial charge in [0.1, 0.15) is 0 Å². The summed E-state index contributed by atoms with van der Waals surface area (Å²) >= 11 is 0. The molecule has 11 nitrogen and oxygen atoms in total. The summed E-state index contributed by atoms with van der Waals surface area (Å²) < 4.78 is 0. The van der Waals surface area contributed by atoms with Crippen molar-refractivity contribution >= 4 is 29.4 Å². The molecule has 2 atom stereocenters. The van der Waals surface area contributed by atoms with E-state index in [4.69, 9.17) is 0 Å². The Labute approximate surface area is 219 Å². The number of amides is 3. The van der Waals surface area contributed by atoms with Crippen molar-refractivity contribution in [2.75, 3.05) is 13.1 Å². The Hall–Kier alpha value is -4.28. The molecule has 4 rings (SSSR count). The van der Waals surface area contributed by atoms with Crippen molar-refractivity contribution in [3.8, 4) is 0 Å². The summed E-state index contributed by atoms with van der Waals surface area (Å²) in [4.78, 5) is 65.6. The van der Waals surface area contributed by atoms with E-state index < -0.39 is 41.3 Å². The quantitative estimate of drug-likeness (QED) is 0.400. The molecule has 2 aromatic carbocycles. The third kappa shape index (κ3) is 5.82. The molecule has 0 aromatic heterocycles. The van der Waals surface area contributed by atoms with Gasteiger partial charge in [-0.2, -0.15) is 0 Å². The van der Waals surface area contributed by atoms with Crippen molar-refractivity contribution in [3.63, 3.8) is 0 Å². The monoisotopic (exact) mass is 522 g/mol. The summed E-state index contributed by atoms with van der Waals surface area (Å²) in [7, 11) is 0. The molecule has 1 saturated heterocycles. The molecule has 2 N–H and O–H groups in total. The number of nitrogens with one attached hydrogen (secondary N) is 1. The van der Waals surface area contributed by atoms with Crippen LogP contribution in [0.25, 0.3) is 0 Å². The molecule has 2 unspecified atom stereocenters. The zero-order valence-electron chi connectivity index (χ0n) is 21.0. The highest BCUT2D eigenvalue weighted by Gasteiger charge is 2.45. The molecule has 1 aliphatic heterocycles. The maximum atomic E-state index is 13.7. The van der Waals surface area contributed by atoms with Crippen LogP contribution in [-0.2, 0) is 14.4 Å². The van der Waals surface area contributed by atoms with Gasteiger partial charge in [0.25, 0.3) is 17.5 Å². The van der Waals surface area contributed by atoms with Crippen molar-refractivity contribution in [3.05, 3.63) is 75.3 Å². The van der Waals surface area contributed by atoms with Gasteiger partial charge in [-0.15, -0.1) is 0 Å². The number of hydrogen-bond donors (Lipinski definition) is 2. The van der Waals surface area contributed by atoms with Crippen LogP contribution in [0, 0.1) is 23.0 Å². The van der Waals surface area contributed by atoms with Crippen molar-refractivity contribution in [1.82, 2.24) is 15.1 Å². The largest absolute Gasteiger partial charge is 0.481 e. The molecule has 1 aliphatic carbocycles. The lowest BCUT2D eigenvalue weighted by molar-refractivity contribution is -0.384. The fraction of sp³-hybridized carbons (Fsp3) is 0.407. The Bertz CT molecular complexity index is 1240. The lowest BCUT2D eigenvalue weighted by atomic mass is 10.0. The number of carboxylic acid groups (broad SMARTS) is 1. The first-order valence-electron chi connectivity index (χ1n) is 12.6. The van der Waals surface area contributed by atoms with Crippen LogP contribution in [-0.4, -0.2) is 62.8 Å². The zero-order chi connectivity index (χ0) is 27.4. The third-order valence-corrected chi connectivity index (χ3v) is 7.13. The Morgan fingerprint density at radius 1 is 1.05 bits per heavy atom. The van der Waals surface area contributed by atoms with E-state index >= 15 is 0 Å². The van der Waals surface area contributed by atoms with E-state index in [0.29, 0.717) is 18.4 Å². The standard InChI is InChI=1S/C27H30N4O7/c1-17-9-11-19(12-10-17)27(36)30-14-13-29(26(35)18-5-2-3-6-18)25(30)24(34)28-22(16-23(32)33)20-7-4-8-21(15-20)31(37)38/h4,7-12,15,18,22,25H,2-3,5-6,13-14,16H2,1H3,(H,28,34)(H,32,33). The third-order valence-electron chi connectivity index (χ3n) is 7.13. The van der Waals surface area contributed by atoms with Gasteiger partial charge in [-0.1, -0.05) is 42.7 Å². The second kappa shape index (κ2) is 11.4. The summed E-state index contributed by atoms with van der Waals surface area (Å²) in [6.45, 7) is 2.20. The second-order valence-corrected chi connectivity index (χ2v) is 9.76. The molecule has 1 saturated carbocycles. The van der Waals surface area contributed by atoms with E-state index in [-0.39, 0.29) is 36.2 Å². The van der Waals surface area contributed by atoms with Crippen LogP contribution in [0.2, 0.25) is 0 Å². The number of benzene rings is 2. The highest BCUT2D eigenvalue weighted by atomic mass is 16.6. The number of nitro groups is 1. The van der Waals surface area contributed by atoms with E-state index in [1.165, 1.54) is 34.1 Å². The Morgan fingerprint density at radius 2 is 1.71 bits per heavy atom. The summed E-state index contributed by atoms with van der Waals surface area (Å²) in [5.74, 6) is -2.79. The van der Waals surface area contributed by atoms with Gasteiger partial charge in [0, 0.05) is 36.7 Å². The van der Waals surface area contributed by atoms with Gasteiger partial charge in [0.2, 0.25) is 5.91 Å². The van der Waals surface area contributed by atoms with Gasteiger partial charge in [-0.05, 0) is 37.5 Å². The first-order valence-corrected chi connectivity index (χ1v) is 12.6. The molecule has 38 heavy (non-hydrogen) atoms. The summed E-state index contributed by atoms with van der Waals surface area (Å²) in [5.41, 5.74) is 1.31. The van der Waals surface area contributed by atoms with Crippen molar-refractivity contribution < 1.29 is 29.2 Å². The molecule has 11 heteroatoms. The minimum Gasteiger partial charge on any atom is -0.481 e. The average Bonchev–Trinajstić information content (AvgIpc) is 3.58. The number of rotatable bonds is 8. The van der Waals surface area contributed by atoms with Crippen LogP contribution in [0.4, 0.5) is 5.69 Å². The molecule has 2 aliphatic rings. The van der Waals surface area contributed by atoms with Crippen LogP contribution in [0.15, 0.2) is 48.5 Å². The van der Waals surface area contributed by atoms with Gasteiger partial charge in [0.05, 0.1) is 17.4 Å². The van der Waals surface area contributed by atoms with E-state index in [1.807, 2.05) is 6.92 Å². The van der Waals surface area contributed by atoms with Crippen LogP contribution < -0.4 is 5.32 Å². The lowest BCUT2D eigenvalue weighted by Gasteiger charge is -2.32. The van der Waals surface area contributed by atoms with E-state index in [9.17, 15) is 34.4 Å². The molecule has 2 aromatic rings. The van der Waals surface area contributed by atoms with Gasteiger partial charge < -0.3 is 20.2 Å². The van der Waals surface area contributed by atoms with E-state index in [2.05, 4.69) is 5.32 Å². The molecule has 2 fully saturated rings. The van der Waals surface area contributed by atoms with Crippen LogP contribution >= 0.6 is 0 Å². The number of nitrogens with zero attached hydrogens (tertiary/aromatic N) is 3. The van der Waals surface area contributed by atoms with E-state index in [1.54, 1.807) is 24.3 Å². The van der Waals surface area contributed by atoms with Crippen molar-refractivity contribution in [2.24, 2.45) is 5.92 Å². The van der Waals surface area contributed by atoms with Gasteiger partial charge in [-0.3, -0.25) is 29.3 Å². The SMILES string of the molecule is Cc1ccc(C(=O)N2CCN(C(=O)C3CCCC3)C2C(=O)NC(CC(=O)O)c2cccc([N+](=O)[O-])c2)cc1. The summed E-state index contributed by atoms with van der Waals surface area (Å²) in [6.07, 6.45) is 1.45. The number of non-ortho nitro benzene ring substituents is 1. The van der Waals surface area contributed by atoms with Crippen LogP contribution in [0.1, 0.15) is 59.6 Å². The molecule has 0 spiro atoms. The molecule has 1 heterocycles. The number of carbonyl (C=O) groups excluding carboxylic acids is 3. The minimum atomic E-state index is -1.27. The second-order valence-electron chi connectivity index (χ2n) is 9.76. The lowest BCUT2D eigenvalue weighted by Crippen LogP contribution is -2.55.